The molecule has 1 N–H and O–H groups in total. The maximum atomic E-state index is 13.3. The molecule has 29 heavy (non-hydrogen) atoms. The number of nitrogens with one attached hydrogen (secondary N) is 1. The molecular weight excluding hydrogens is 406 g/mol. The second-order valence-electron chi connectivity index (χ2n) is 7.38. The van der Waals surface area contributed by atoms with E-state index in [9.17, 15) is 9.59 Å². The number of carbonyl (C=O) groups is 1. The summed E-state index contributed by atoms with van der Waals surface area (Å²) in [4.78, 5) is 30.5. The van der Waals surface area contributed by atoms with E-state index in [2.05, 4.69) is 5.32 Å². The summed E-state index contributed by atoms with van der Waals surface area (Å²) in [6, 6.07) is 12.7. The van der Waals surface area contributed by atoms with E-state index in [4.69, 9.17) is 16.6 Å². The maximum absolute atomic E-state index is 13.3. The van der Waals surface area contributed by atoms with Gasteiger partial charge in [0.15, 0.2) is 5.16 Å². The fourth-order valence-electron chi connectivity index (χ4n) is 2.90. The van der Waals surface area contributed by atoms with Crippen LogP contribution in [0.5, 0.6) is 0 Å². The first-order chi connectivity index (χ1) is 13.8. The molecular formula is C22H24ClN3O2S. The van der Waals surface area contributed by atoms with Crippen molar-refractivity contribution in [3.8, 4) is 5.69 Å². The average molecular weight is 430 g/mol. The van der Waals surface area contributed by atoms with E-state index in [0.717, 1.165) is 11.3 Å². The van der Waals surface area contributed by atoms with Crippen LogP contribution in [0.1, 0.15) is 26.3 Å². The van der Waals surface area contributed by atoms with Gasteiger partial charge in [-0.3, -0.25) is 14.2 Å². The fourth-order valence-corrected chi connectivity index (χ4v) is 4.02. The standard InChI is InChI=1S/C22H24ClN3O2S/c1-13(2)12-24-20(27)15(4)29-22-25-18-11-16(23)9-10-17(18)21(28)26(22)19-8-6-5-7-14(19)3/h5-11,13,15H,12H2,1-4H3,(H,24,27). The van der Waals surface area contributed by atoms with Crippen LogP contribution in [0.25, 0.3) is 16.6 Å². The predicted molar refractivity (Wildman–Crippen MR) is 120 cm³/mol. The number of amides is 1. The highest BCUT2D eigenvalue weighted by molar-refractivity contribution is 8.00. The molecule has 3 aromatic rings. The monoisotopic (exact) mass is 429 g/mol. The predicted octanol–water partition coefficient (Wildman–Crippen LogP) is 4.60. The van der Waals surface area contributed by atoms with Gasteiger partial charge in [-0.1, -0.05) is 55.4 Å². The molecule has 1 atom stereocenters. The van der Waals surface area contributed by atoms with Crippen LogP contribution in [-0.2, 0) is 4.79 Å². The van der Waals surface area contributed by atoms with Gasteiger partial charge in [0, 0.05) is 11.6 Å². The number of nitrogens with zero attached hydrogens (tertiary/aromatic N) is 2. The average Bonchev–Trinajstić information content (AvgIpc) is 2.67. The van der Waals surface area contributed by atoms with Crippen molar-refractivity contribution in [2.75, 3.05) is 6.54 Å². The SMILES string of the molecule is Cc1ccccc1-n1c(SC(C)C(=O)NCC(C)C)nc2cc(Cl)ccc2c1=O. The van der Waals surface area contributed by atoms with Gasteiger partial charge in [0.25, 0.3) is 5.56 Å². The Kier molecular flexibility index (Phi) is 6.65. The van der Waals surface area contributed by atoms with Gasteiger partial charge in [0.05, 0.1) is 21.8 Å². The molecule has 1 heterocycles. The summed E-state index contributed by atoms with van der Waals surface area (Å²) in [5.41, 5.74) is 2.03. The molecule has 0 aliphatic rings. The summed E-state index contributed by atoms with van der Waals surface area (Å²) in [7, 11) is 0. The summed E-state index contributed by atoms with van der Waals surface area (Å²) in [6.45, 7) is 8.46. The topological polar surface area (TPSA) is 64.0 Å². The zero-order chi connectivity index (χ0) is 21.1. The Labute approximate surface area is 179 Å². The minimum atomic E-state index is -0.410. The first kappa shape index (κ1) is 21.4. The number of hydrogen-bond donors (Lipinski definition) is 1. The number of para-hydroxylation sites is 1. The second kappa shape index (κ2) is 9.01. The Balaban J connectivity index is 2.11. The summed E-state index contributed by atoms with van der Waals surface area (Å²) < 4.78 is 1.59. The lowest BCUT2D eigenvalue weighted by molar-refractivity contribution is -0.120. The number of rotatable bonds is 6. The van der Waals surface area contributed by atoms with Gasteiger partial charge < -0.3 is 5.32 Å². The van der Waals surface area contributed by atoms with Crippen LogP contribution in [0.3, 0.4) is 0 Å². The van der Waals surface area contributed by atoms with Crippen molar-refractivity contribution in [3.05, 3.63) is 63.4 Å². The third kappa shape index (κ3) is 4.82. The lowest BCUT2D eigenvalue weighted by atomic mass is 10.2. The molecule has 5 nitrogen and oxygen atoms in total. The minimum absolute atomic E-state index is 0.0829. The van der Waals surface area contributed by atoms with E-state index in [1.165, 1.54) is 11.8 Å². The molecule has 0 fully saturated rings. The van der Waals surface area contributed by atoms with E-state index in [1.54, 1.807) is 22.8 Å². The molecule has 1 unspecified atom stereocenters. The van der Waals surface area contributed by atoms with Gasteiger partial charge in [-0.2, -0.15) is 0 Å². The van der Waals surface area contributed by atoms with Crippen molar-refractivity contribution in [3.63, 3.8) is 0 Å². The van der Waals surface area contributed by atoms with Crippen LogP contribution in [0.4, 0.5) is 0 Å². The molecule has 7 heteroatoms. The smallest absolute Gasteiger partial charge is 0.266 e. The summed E-state index contributed by atoms with van der Waals surface area (Å²) in [6.07, 6.45) is 0. The van der Waals surface area contributed by atoms with E-state index < -0.39 is 5.25 Å². The lowest BCUT2D eigenvalue weighted by Gasteiger charge is -2.18. The summed E-state index contributed by atoms with van der Waals surface area (Å²) in [5.74, 6) is 0.280. The molecule has 0 saturated heterocycles. The van der Waals surface area contributed by atoms with Crippen molar-refractivity contribution in [2.24, 2.45) is 5.92 Å². The summed E-state index contributed by atoms with van der Waals surface area (Å²) >= 11 is 7.38. The maximum Gasteiger partial charge on any atom is 0.266 e. The number of benzene rings is 2. The Morgan fingerprint density at radius 2 is 1.93 bits per heavy atom. The number of hydrogen-bond acceptors (Lipinski definition) is 4. The first-order valence-corrected chi connectivity index (χ1v) is 10.8. The third-order valence-corrected chi connectivity index (χ3v) is 5.78. The molecule has 0 radical (unpaired) electrons. The fraction of sp³-hybridized carbons (Fsp3) is 0.318. The first-order valence-electron chi connectivity index (χ1n) is 9.50. The molecule has 0 bridgehead atoms. The van der Waals surface area contributed by atoms with E-state index in [-0.39, 0.29) is 11.5 Å². The minimum Gasteiger partial charge on any atom is -0.355 e. The Morgan fingerprint density at radius 3 is 2.62 bits per heavy atom. The van der Waals surface area contributed by atoms with Crippen LogP contribution < -0.4 is 10.9 Å². The highest BCUT2D eigenvalue weighted by Gasteiger charge is 2.21. The van der Waals surface area contributed by atoms with E-state index in [1.807, 2.05) is 52.0 Å². The zero-order valence-electron chi connectivity index (χ0n) is 16.9. The quantitative estimate of drug-likeness (QED) is 0.459. The number of fused-ring (bicyclic) bond motifs is 1. The van der Waals surface area contributed by atoms with E-state index in [0.29, 0.717) is 33.5 Å². The van der Waals surface area contributed by atoms with Crippen LogP contribution in [0.2, 0.25) is 5.02 Å². The molecule has 0 aliphatic heterocycles. The number of halogens is 1. The Bertz CT molecular complexity index is 1110. The molecule has 0 aliphatic carbocycles. The van der Waals surface area contributed by atoms with E-state index >= 15 is 0 Å². The number of carbonyl (C=O) groups excluding carboxylic acids is 1. The van der Waals surface area contributed by atoms with Crippen LogP contribution in [0.15, 0.2) is 52.4 Å². The van der Waals surface area contributed by atoms with Crippen molar-refractivity contribution < 1.29 is 4.79 Å². The van der Waals surface area contributed by atoms with Gasteiger partial charge >= 0.3 is 0 Å². The third-order valence-electron chi connectivity index (χ3n) is 4.49. The van der Waals surface area contributed by atoms with Gasteiger partial charge in [0.1, 0.15) is 0 Å². The molecule has 1 aromatic heterocycles. The second-order valence-corrected chi connectivity index (χ2v) is 9.13. The van der Waals surface area contributed by atoms with Crippen molar-refractivity contribution in [1.29, 1.82) is 0 Å². The molecule has 0 spiro atoms. The Morgan fingerprint density at radius 1 is 1.21 bits per heavy atom. The van der Waals surface area contributed by atoms with Crippen LogP contribution in [0, 0.1) is 12.8 Å². The van der Waals surface area contributed by atoms with Crippen molar-refractivity contribution in [1.82, 2.24) is 14.9 Å². The highest BCUT2D eigenvalue weighted by Crippen LogP contribution is 2.27. The summed E-state index contributed by atoms with van der Waals surface area (Å²) in [5, 5.41) is 3.99. The highest BCUT2D eigenvalue weighted by atomic mass is 35.5. The molecule has 0 saturated carbocycles. The molecule has 152 valence electrons. The van der Waals surface area contributed by atoms with Crippen LogP contribution >= 0.6 is 23.4 Å². The van der Waals surface area contributed by atoms with Gasteiger partial charge in [-0.15, -0.1) is 0 Å². The van der Waals surface area contributed by atoms with Crippen LogP contribution in [-0.4, -0.2) is 27.3 Å². The number of aryl methyl sites for hydroxylation is 1. The zero-order valence-corrected chi connectivity index (χ0v) is 18.5. The number of thioether (sulfide) groups is 1. The number of aromatic nitrogens is 2. The van der Waals surface area contributed by atoms with Crippen molar-refractivity contribution in [2.45, 2.75) is 38.1 Å². The van der Waals surface area contributed by atoms with Gasteiger partial charge in [-0.25, -0.2) is 4.98 Å². The molecule has 1 amide bonds. The van der Waals surface area contributed by atoms with Gasteiger partial charge in [-0.05, 0) is 49.6 Å². The lowest BCUT2D eigenvalue weighted by Crippen LogP contribution is -2.34. The normalized spacial score (nSPS) is 12.3. The molecule has 3 rings (SSSR count). The van der Waals surface area contributed by atoms with Crippen molar-refractivity contribution >= 4 is 40.2 Å². The largest absolute Gasteiger partial charge is 0.355 e. The van der Waals surface area contributed by atoms with Gasteiger partial charge in [0.2, 0.25) is 5.91 Å². The molecule has 2 aromatic carbocycles. The Hall–Kier alpha value is -2.31.